The van der Waals surface area contributed by atoms with Gasteiger partial charge in [0.05, 0.1) is 25.1 Å². The minimum atomic E-state index is -0.245. The fraction of sp³-hybridized carbons (Fsp3) is 0.250. The van der Waals surface area contributed by atoms with Crippen LogP contribution in [-0.2, 0) is 16.1 Å². The molecule has 2 N–H and O–H groups in total. The topological polar surface area (TPSA) is 71.3 Å². The highest BCUT2D eigenvalue weighted by molar-refractivity contribution is 8.00. The minimum absolute atomic E-state index is 0.0337. The standard InChI is InChI=1S/C16H18N2O3S/c1-12-4-6-14(7-5-12)22-11-16(20)18-10-15(19)17-9-13-3-2-8-21-13/h2-8H,9-11H2,1H3,(H,17,19)(H,18,20). The van der Waals surface area contributed by atoms with E-state index in [0.29, 0.717) is 12.3 Å². The molecular formula is C16H18N2O3S. The molecule has 0 atom stereocenters. The third-order valence-electron chi connectivity index (χ3n) is 2.88. The molecule has 1 heterocycles. The summed E-state index contributed by atoms with van der Waals surface area (Å²) < 4.78 is 5.10. The van der Waals surface area contributed by atoms with E-state index in [2.05, 4.69) is 10.6 Å². The fourth-order valence-electron chi connectivity index (χ4n) is 1.67. The first-order valence-corrected chi connectivity index (χ1v) is 7.87. The summed E-state index contributed by atoms with van der Waals surface area (Å²) in [7, 11) is 0. The zero-order valence-electron chi connectivity index (χ0n) is 12.3. The molecule has 2 amide bonds. The van der Waals surface area contributed by atoms with E-state index in [0.717, 1.165) is 4.90 Å². The normalized spacial score (nSPS) is 10.2. The Kier molecular flexibility index (Phi) is 6.09. The summed E-state index contributed by atoms with van der Waals surface area (Å²) in [6.45, 7) is 2.30. The van der Waals surface area contributed by atoms with E-state index in [1.165, 1.54) is 17.3 Å². The highest BCUT2D eigenvalue weighted by atomic mass is 32.2. The summed E-state index contributed by atoms with van der Waals surface area (Å²) in [6.07, 6.45) is 1.55. The van der Waals surface area contributed by atoms with Gasteiger partial charge in [-0.05, 0) is 31.2 Å². The molecule has 0 unspecified atom stereocenters. The van der Waals surface area contributed by atoms with E-state index in [4.69, 9.17) is 4.42 Å². The van der Waals surface area contributed by atoms with Gasteiger partial charge >= 0.3 is 0 Å². The molecule has 0 radical (unpaired) electrons. The van der Waals surface area contributed by atoms with E-state index >= 15 is 0 Å². The second-order valence-electron chi connectivity index (χ2n) is 4.73. The maximum Gasteiger partial charge on any atom is 0.239 e. The number of nitrogens with one attached hydrogen (secondary N) is 2. The SMILES string of the molecule is Cc1ccc(SCC(=O)NCC(=O)NCc2ccco2)cc1. The molecule has 6 heteroatoms. The molecule has 0 bridgehead atoms. The minimum Gasteiger partial charge on any atom is -0.467 e. The Morgan fingerprint density at radius 2 is 1.86 bits per heavy atom. The Morgan fingerprint density at radius 3 is 2.55 bits per heavy atom. The first-order chi connectivity index (χ1) is 10.6. The number of amides is 2. The van der Waals surface area contributed by atoms with E-state index in [9.17, 15) is 9.59 Å². The van der Waals surface area contributed by atoms with Gasteiger partial charge in [0, 0.05) is 4.90 Å². The Hall–Kier alpha value is -2.21. The maximum absolute atomic E-state index is 11.7. The van der Waals surface area contributed by atoms with Crippen molar-refractivity contribution in [2.24, 2.45) is 0 Å². The van der Waals surface area contributed by atoms with Gasteiger partial charge < -0.3 is 15.1 Å². The van der Waals surface area contributed by atoms with E-state index in [1.807, 2.05) is 31.2 Å². The highest BCUT2D eigenvalue weighted by Crippen LogP contribution is 2.17. The van der Waals surface area contributed by atoms with E-state index in [-0.39, 0.29) is 24.1 Å². The quantitative estimate of drug-likeness (QED) is 0.767. The molecule has 0 spiro atoms. The predicted octanol–water partition coefficient (Wildman–Crippen LogP) is 2.11. The van der Waals surface area contributed by atoms with Gasteiger partial charge in [-0.3, -0.25) is 9.59 Å². The van der Waals surface area contributed by atoms with Crippen LogP contribution >= 0.6 is 11.8 Å². The largest absolute Gasteiger partial charge is 0.467 e. The molecule has 22 heavy (non-hydrogen) atoms. The average Bonchev–Trinajstić information content (AvgIpc) is 3.04. The monoisotopic (exact) mass is 318 g/mol. The third kappa shape index (κ3) is 5.65. The summed E-state index contributed by atoms with van der Waals surface area (Å²) in [4.78, 5) is 24.3. The molecular weight excluding hydrogens is 300 g/mol. The Labute approximate surface area is 133 Å². The van der Waals surface area contributed by atoms with Gasteiger partial charge in [-0.25, -0.2) is 0 Å². The van der Waals surface area contributed by atoms with Crippen LogP contribution in [0.25, 0.3) is 0 Å². The Balaban J connectivity index is 1.62. The average molecular weight is 318 g/mol. The summed E-state index contributed by atoms with van der Waals surface area (Å²) in [6, 6.07) is 11.5. The number of hydrogen-bond donors (Lipinski definition) is 2. The van der Waals surface area contributed by atoms with Gasteiger partial charge in [0.25, 0.3) is 0 Å². The second-order valence-corrected chi connectivity index (χ2v) is 5.78. The van der Waals surface area contributed by atoms with Crippen molar-refractivity contribution in [3.63, 3.8) is 0 Å². The van der Waals surface area contributed by atoms with Gasteiger partial charge in [0.1, 0.15) is 5.76 Å². The molecule has 0 saturated carbocycles. The van der Waals surface area contributed by atoms with Crippen LogP contribution in [-0.4, -0.2) is 24.1 Å². The van der Waals surface area contributed by atoms with Gasteiger partial charge in [-0.15, -0.1) is 11.8 Å². The van der Waals surface area contributed by atoms with Gasteiger partial charge in [-0.2, -0.15) is 0 Å². The number of thioether (sulfide) groups is 1. The number of aryl methyl sites for hydroxylation is 1. The Bertz CT molecular complexity index is 609. The van der Waals surface area contributed by atoms with E-state index in [1.54, 1.807) is 18.4 Å². The van der Waals surface area contributed by atoms with Crippen molar-refractivity contribution in [1.82, 2.24) is 10.6 Å². The van der Waals surface area contributed by atoms with Crippen molar-refractivity contribution >= 4 is 23.6 Å². The molecule has 116 valence electrons. The van der Waals surface area contributed by atoms with Crippen LogP contribution in [0.3, 0.4) is 0 Å². The molecule has 0 aliphatic heterocycles. The third-order valence-corrected chi connectivity index (χ3v) is 3.89. The summed E-state index contributed by atoms with van der Waals surface area (Å²) in [5.41, 5.74) is 1.18. The number of carbonyl (C=O) groups is 2. The molecule has 0 fully saturated rings. The highest BCUT2D eigenvalue weighted by Gasteiger charge is 2.06. The number of furan rings is 1. The molecule has 1 aromatic heterocycles. The smallest absolute Gasteiger partial charge is 0.239 e. The van der Waals surface area contributed by atoms with Crippen LogP contribution in [0.15, 0.2) is 52.0 Å². The fourth-order valence-corrected chi connectivity index (χ4v) is 2.40. The number of carbonyl (C=O) groups excluding carboxylic acids is 2. The first-order valence-electron chi connectivity index (χ1n) is 6.89. The van der Waals surface area contributed by atoms with Crippen molar-refractivity contribution in [2.45, 2.75) is 18.4 Å². The zero-order chi connectivity index (χ0) is 15.8. The van der Waals surface area contributed by atoms with Crippen molar-refractivity contribution in [3.8, 4) is 0 Å². The lowest BCUT2D eigenvalue weighted by molar-refractivity contribution is -0.124. The number of rotatable bonds is 7. The molecule has 2 rings (SSSR count). The lowest BCUT2D eigenvalue weighted by Gasteiger charge is -2.06. The molecule has 0 aliphatic carbocycles. The van der Waals surface area contributed by atoms with Gasteiger partial charge in [-0.1, -0.05) is 17.7 Å². The van der Waals surface area contributed by atoms with Crippen molar-refractivity contribution < 1.29 is 14.0 Å². The predicted molar refractivity (Wildman–Crippen MR) is 85.5 cm³/mol. The van der Waals surface area contributed by atoms with Crippen LogP contribution < -0.4 is 10.6 Å². The van der Waals surface area contributed by atoms with Crippen molar-refractivity contribution in [3.05, 3.63) is 54.0 Å². The van der Waals surface area contributed by atoms with Crippen LogP contribution in [0.4, 0.5) is 0 Å². The van der Waals surface area contributed by atoms with Crippen molar-refractivity contribution in [2.75, 3.05) is 12.3 Å². The second kappa shape index (κ2) is 8.29. The summed E-state index contributed by atoms with van der Waals surface area (Å²) in [5.74, 6) is 0.549. The maximum atomic E-state index is 11.7. The van der Waals surface area contributed by atoms with Crippen molar-refractivity contribution in [1.29, 1.82) is 0 Å². The van der Waals surface area contributed by atoms with Gasteiger partial charge in [0.15, 0.2) is 0 Å². The number of hydrogen-bond acceptors (Lipinski definition) is 4. The number of benzene rings is 1. The van der Waals surface area contributed by atoms with Crippen LogP contribution in [0, 0.1) is 6.92 Å². The first kappa shape index (κ1) is 16.2. The zero-order valence-corrected chi connectivity index (χ0v) is 13.1. The van der Waals surface area contributed by atoms with Crippen LogP contribution in [0.5, 0.6) is 0 Å². The molecule has 0 saturated heterocycles. The Morgan fingerprint density at radius 1 is 1.09 bits per heavy atom. The summed E-state index contributed by atoms with van der Waals surface area (Å²) >= 11 is 1.44. The lowest BCUT2D eigenvalue weighted by atomic mass is 10.2. The van der Waals surface area contributed by atoms with E-state index < -0.39 is 0 Å². The van der Waals surface area contributed by atoms with Crippen LogP contribution in [0.1, 0.15) is 11.3 Å². The molecule has 0 aliphatic rings. The van der Waals surface area contributed by atoms with Crippen LogP contribution in [0.2, 0.25) is 0 Å². The summed E-state index contributed by atoms with van der Waals surface area (Å²) in [5, 5.41) is 5.26. The molecule has 5 nitrogen and oxygen atoms in total. The molecule has 1 aromatic carbocycles. The van der Waals surface area contributed by atoms with Gasteiger partial charge in [0.2, 0.25) is 11.8 Å². The lowest BCUT2D eigenvalue weighted by Crippen LogP contribution is -2.37. The molecule has 2 aromatic rings.